The Kier molecular flexibility index (Phi) is 12.8. The molecule has 0 rings (SSSR count). The fraction of sp³-hybridized carbons (Fsp3) is 0.895. The van der Waals surface area contributed by atoms with E-state index in [1.165, 1.54) is 36.2 Å². The molecular formula is C19H37F3O2SSn. The second-order valence-electron chi connectivity index (χ2n) is 7.27. The Bertz CT molecular complexity index is 492. The monoisotopic (exact) mass is 506 g/mol. The van der Waals surface area contributed by atoms with Gasteiger partial charge < -0.3 is 0 Å². The number of unbranched alkanes of at least 4 members (excludes halogenated alkanes) is 3. The van der Waals surface area contributed by atoms with Gasteiger partial charge in [-0.3, -0.25) is 0 Å². The van der Waals surface area contributed by atoms with Gasteiger partial charge in [-0.15, -0.1) is 0 Å². The van der Waals surface area contributed by atoms with Gasteiger partial charge in [-0.1, -0.05) is 0 Å². The molecule has 0 aliphatic rings. The summed E-state index contributed by atoms with van der Waals surface area (Å²) in [6, 6.07) is 0. The Balaban J connectivity index is 5.31. The van der Waals surface area contributed by atoms with Crippen LogP contribution in [-0.2, 0) is 9.84 Å². The molecule has 0 aliphatic heterocycles. The summed E-state index contributed by atoms with van der Waals surface area (Å²) in [4.78, 5) is 0. The van der Waals surface area contributed by atoms with Crippen molar-refractivity contribution in [2.45, 2.75) is 97.9 Å². The SMILES string of the molecule is C/C=[C](/CCCS(=O)(=O)C(F)(F)F)[Sn]([CH2]CCC)([CH2]CCC)[CH2]CCC. The zero-order valence-electron chi connectivity index (χ0n) is 16.9. The quantitative estimate of drug-likeness (QED) is 0.238. The molecular weight excluding hydrogens is 468 g/mol. The fourth-order valence-corrected chi connectivity index (χ4v) is 21.9. The third-order valence-corrected chi connectivity index (χ3v) is 23.4. The van der Waals surface area contributed by atoms with Gasteiger partial charge in [0, 0.05) is 0 Å². The van der Waals surface area contributed by atoms with Crippen molar-refractivity contribution in [2.24, 2.45) is 0 Å². The van der Waals surface area contributed by atoms with Crippen LogP contribution in [0.5, 0.6) is 0 Å². The molecule has 0 radical (unpaired) electrons. The van der Waals surface area contributed by atoms with Crippen LogP contribution in [0.3, 0.4) is 0 Å². The van der Waals surface area contributed by atoms with Crippen molar-refractivity contribution in [3.63, 3.8) is 0 Å². The average Bonchev–Trinajstić information content (AvgIpc) is 2.57. The van der Waals surface area contributed by atoms with E-state index in [0.29, 0.717) is 6.42 Å². The van der Waals surface area contributed by atoms with Crippen molar-refractivity contribution in [2.75, 3.05) is 5.75 Å². The second kappa shape index (κ2) is 12.7. The van der Waals surface area contributed by atoms with E-state index in [1.54, 1.807) is 0 Å². The summed E-state index contributed by atoms with van der Waals surface area (Å²) in [5.74, 6) is -0.787. The molecule has 0 N–H and O–H groups in total. The van der Waals surface area contributed by atoms with Crippen LogP contribution >= 0.6 is 0 Å². The van der Waals surface area contributed by atoms with E-state index >= 15 is 0 Å². The van der Waals surface area contributed by atoms with Crippen LogP contribution in [0.4, 0.5) is 13.2 Å². The zero-order chi connectivity index (χ0) is 20.3. The first-order valence-corrected chi connectivity index (χ1v) is 19.2. The molecule has 0 bridgehead atoms. The minimum absolute atomic E-state index is 0.0879. The molecule has 0 amide bonds. The van der Waals surface area contributed by atoms with Gasteiger partial charge in [0.05, 0.1) is 0 Å². The number of rotatable bonds is 14. The first kappa shape index (κ1) is 26.3. The van der Waals surface area contributed by atoms with Crippen LogP contribution in [0.25, 0.3) is 0 Å². The third-order valence-electron chi connectivity index (χ3n) is 5.27. The molecule has 156 valence electrons. The first-order chi connectivity index (χ1) is 12.1. The maximum atomic E-state index is 12.6. The van der Waals surface area contributed by atoms with E-state index in [4.69, 9.17) is 0 Å². The molecule has 0 aromatic heterocycles. The van der Waals surface area contributed by atoms with Crippen molar-refractivity contribution in [1.82, 2.24) is 0 Å². The van der Waals surface area contributed by atoms with Crippen LogP contribution < -0.4 is 0 Å². The topological polar surface area (TPSA) is 34.1 Å². The summed E-state index contributed by atoms with van der Waals surface area (Å²) in [7, 11) is -5.00. The molecule has 0 spiro atoms. The Morgan fingerprint density at radius 2 is 1.31 bits per heavy atom. The predicted molar refractivity (Wildman–Crippen MR) is 108 cm³/mol. The van der Waals surface area contributed by atoms with Crippen molar-refractivity contribution < 1.29 is 21.6 Å². The van der Waals surface area contributed by atoms with Crippen molar-refractivity contribution in [1.29, 1.82) is 0 Å². The van der Waals surface area contributed by atoms with E-state index in [9.17, 15) is 21.6 Å². The van der Waals surface area contributed by atoms with Crippen LogP contribution in [0.15, 0.2) is 9.67 Å². The molecule has 0 fully saturated rings. The van der Waals surface area contributed by atoms with Gasteiger partial charge in [0.25, 0.3) is 0 Å². The Morgan fingerprint density at radius 1 is 0.885 bits per heavy atom. The Morgan fingerprint density at radius 3 is 1.62 bits per heavy atom. The van der Waals surface area contributed by atoms with E-state index < -0.39 is 39.5 Å². The summed E-state index contributed by atoms with van der Waals surface area (Å²) in [5.41, 5.74) is -5.13. The summed E-state index contributed by atoms with van der Waals surface area (Å²) in [5, 5.41) is 0. The van der Waals surface area contributed by atoms with Gasteiger partial charge in [-0.05, 0) is 0 Å². The van der Waals surface area contributed by atoms with Gasteiger partial charge in [0.15, 0.2) is 0 Å². The van der Waals surface area contributed by atoms with E-state index in [1.807, 2.05) is 6.92 Å². The maximum absolute atomic E-state index is 12.6. The molecule has 0 atom stereocenters. The van der Waals surface area contributed by atoms with Crippen LogP contribution in [-0.4, -0.2) is 38.1 Å². The standard InChI is InChI=1S/C7H10F3O2S.3C4H9.Sn/c1-2-3-4-5-6-13(11,12)7(8,9)10;3*1-3-4-2;/h2H,4-6H2,1H3;3*1,3-4H2,2H3;. The summed E-state index contributed by atoms with van der Waals surface area (Å²) in [6.07, 6.45) is 9.69. The van der Waals surface area contributed by atoms with Crippen LogP contribution in [0.2, 0.25) is 13.3 Å². The average molecular weight is 505 g/mol. The van der Waals surface area contributed by atoms with Crippen LogP contribution in [0.1, 0.15) is 79.1 Å². The molecule has 26 heavy (non-hydrogen) atoms. The van der Waals surface area contributed by atoms with Gasteiger partial charge in [-0.25, -0.2) is 0 Å². The van der Waals surface area contributed by atoms with Gasteiger partial charge in [-0.2, -0.15) is 0 Å². The summed E-state index contributed by atoms with van der Waals surface area (Å²) < 4.78 is 65.6. The fourth-order valence-electron chi connectivity index (χ4n) is 3.69. The van der Waals surface area contributed by atoms with Crippen molar-refractivity contribution in [3.05, 3.63) is 9.67 Å². The molecule has 0 heterocycles. The van der Waals surface area contributed by atoms with Gasteiger partial charge >= 0.3 is 163 Å². The molecule has 2 nitrogen and oxygen atoms in total. The van der Waals surface area contributed by atoms with Crippen LogP contribution in [0, 0.1) is 0 Å². The van der Waals surface area contributed by atoms with Gasteiger partial charge in [0.2, 0.25) is 0 Å². The minimum atomic E-state index is -5.13. The molecule has 0 aromatic rings. The third kappa shape index (κ3) is 8.53. The van der Waals surface area contributed by atoms with Crippen molar-refractivity contribution in [3.8, 4) is 0 Å². The van der Waals surface area contributed by atoms with E-state index in [0.717, 1.165) is 19.3 Å². The number of hydrogen-bond acceptors (Lipinski definition) is 2. The molecule has 7 heteroatoms. The van der Waals surface area contributed by atoms with Gasteiger partial charge in [0.1, 0.15) is 0 Å². The van der Waals surface area contributed by atoms with E-state index in [2.05, 4.69) is 26.8 Å². The molecule has 0 unspecified atom stereocenters. The number of hydrogen-bond donors (Lipinski definition) is 0. The Hall–Kier alpha value is 0.279. The molecule has 0 saturated heterocycles. The second-order valence-corrected chi connectivity index (χ2v) is 22.8. The summed E-state index contributed by atoms with van der Waals surface area (Å²) >= 11 is -2.65. The molecule has 0 aliphatic carbocycles. The zero-order valence-corrected chi connectivity index (χ0v) is 20.6. The molecule has 0 saturated carbocycles. The number of sulfone groups is 1. The first-order valence-electron chi connectivity index (χ1n) is 10.0. The Labute approximate surface area is 162 Å². The van der Waals surface area contributed by atoms with E-state index in [-0.39, 0.29) is 6.42 Å². The van der Waals surface area contributed by atoms with Crippen molar-refractivity contribution >= 4 is 28.2 Å². The number of halogens is 3. The normalized spacial score (nSPS) is 14.0. The number of allylic oxidation sites excluding steroid dienone is 2. The summed E-state index contributed by atoms with van der Waals surface area (Å²) in [6.45, 7) is 8.54. The predicted octanol–water partition coefficient (Wildman–Crippen LogP) is 7.04. The molecule has 0 aromatic carbocycles. The number of alkyl halides is 3.